The van der Waals surface area contributed by atoms with Crippen molar-refractivity contribution >= 4 is 17.6 Å². The first kappa shape index (κ1) is 19.4. The molecule has 148 valence electrons. The van der Waals surface area contributed by atoms with Crippen molar-refractivity contribution in [2.45, 2.75) is 18.9 Å². The molecule has 2 heterocycles. The molecule has 8 heteroatoms. The number of hydrogen-bond acceptors (Lipinski definition) is 5. The highest BCUT2D eigenvalue weighted by molar-refractivity contribution is 5.96. The SMILES string of the molecule is COc1ccc(N2CC(NC(=O)NCCCN3CCOCC3)CC2=O)cc1. The lowest BCUT2D eigenvalue weighted by Crippen LogP contribution is -2.44. The van der Waals surface area contributed by atoms with Gasteiger partial charge in [0.1, 0.15) is 5.75 Å². The smallest absolute Gasteiger partial charge is 0.315 e. The summed E-state index contributed by atoms with van der Waals surface area (Å²) < 4.78 is 10.5. The van der Waals surface area contributed by atoms with E-state index in [1.165, 1.54) is 0 Å². The molecule has 1 aromatic rings. The topological polar surface area (TPSA) is 83.1 Å². The molecular weight excluding hydrogens is 348 g/mol. The van der Waals surface area contributed by atoms with Crippen LogP contribution in [0.25, 0.3) is 0 Å². The predicted molar refractivity (Wildman–Crippen MR) is 102 cm³/mol. The number of urea groups is 1. The number of rotatable bonds is 7. The molecule has 2 aliphatic rings. The molecule has 0 spiro atoms. The maximum atomic E-state index is 12.3. The summed E-state index contributed by atoms with van der Waals surface area (Å²) in [5, 5.41) is 5.78. The molecule has 0 saturated carbocycles. The van der Waals surface area contributed by atoms with E-state index in [0.717, 1.165) is 50.7 Å². The van der Waals surface area contributed by atoms with E-state index in [1.54, 1.807) is 12.0 Å². The quantitative estimate of drug-likeness (QED) is 0.689. The standard InChI is InChI=1S/C19H28N4O4/c1-26-17-5-3-16(4-6-17)23-14-15(13-18(23)24)21-19(25)20-7-2-8-22-9-11-27-12-10-22/h3-6,15H,2,7-14H2,1H3,(H2,20,21,25). The van der Waals surface area contributed by atoms with Crippen molar-refractivity contribution in [3.05, 3.63) is 24.3 Å². The van der Waals surface area contributed by atoms with Crippen LogP contribution in [0.15, 0.2) is 24.3 Å². The van der Waals surface area contributed by atoms with Gasteiger partial charge in [0.15, 0.2) is 0 Å². The number of nitrogens with one attached hydrogen (secondary N) is 2. The lowest BCUT2D eigenvalue weighted by atomic mass is 10.2. The Morgan fingerprint density at radius 1 is 1.26 bits per heavy atom. The highest BCUT2D eigenvalue weighted by Crippen LogP contribution is 2.24. The Morgan fingerprint density at radius 3 is 2.70 bits per heavy atom. The van der Waals surface area contributed by atoms with Crippen molar-refractivity contribution in [3.63, 3.8) is 0 Å². The molecule has 0 aromatic heterocycles. The van der Waals surface area contributed by atoms with Crippen LogP contribution in [0.5, 0.6) is 5.75 Å². The lowest BCUT2D eigenvalue weighted by Gasteiger charge is -2.26. The Bertz CT molecular complexity index is 631. The van der Waals surface area contributed by atoms with Gasteiger partial charge in [-0.05, 0) is 37.2 Å². The van der Waals surface area contributed by atoms with Crippen molar-refractivity contribution in [1.82, 2.24) is 15.5 Å². The van der Waals surface area contributed by atoms with Gasteiger partial charge in [-0.15, -0.1) is 0 Å². The van der Waals surface area contributed by atoms with Crippen molar-refractivity contribution in [2.75, 3.05) is 57.9 Å². The first-order valence-corrected chi connectivity index (χ1v) is 9.44. The number of benzene rings is 1. The summed E-state index contributed by atoms with van der Waals surface area (Å²) in [5.74, 6) is 0.759. The fraction of sp³-hybridized carbons (Fsp3) is 0.579. The third-order valence-electron chi connectivity index (χ3n) is 4.88. The third kappa shape index (κ3) is 5.58. The third-order valence-corrected chi connectivity index (χ3v) is 4.88. The molecule has 8 nitrogen and oxygen atoms in total. The molecule has 1 atom stereocenters. The van der Waals surface area contributed by atoms with Gasteiger partial charge in [0.2, 0.25) is 5.91 Å². The largest absolute Gasteiger partial charge is 0.497 e. The first-order valence-electron chi connectivity index (χ1n) is 9.44. The van der Waals surface area contributed by atoms with E-state index in [9.17, 15) is 9.59 Å². The number of anilines is 1. The number of morpholine rings is 1. The molecule has 2 saturated heterocycles. The maximum Gasteiger partial charge on any atom is 0.315 e. The number of ether oxygens (including phenoxy) is 2. The second kappa shape index (κ2) is 9.57. The molecule has 3 rings (SSSR count). The molecule has 2 N–H and O–H groups in total. The van der Waals surface area contributed by atoms with Crippen LogP contribution in [0.1, 0.15) is 12.8 Å². The number of amides is 3. The summed E-state index contributed by atoms with van der Waals surface area (Å²) in [5.41, 5.74) is 0.816. The Morgan fingerprint density at radius 2 is 2.00 bits per heavy atom. The first-order chi connectivity index (χ1) is 13.2. The summed E-state index contributed by atoms with van der Waals surface area (Å²) in [6, 6.07) is 6.95. The Kier molecular flexibility index (Phi) is 6.89. The van der Waals surface area contributed by atoms with Gasteiger partial charge < -0.3 is 25.0 Å². The van der Waals surface area contributed by atoms with Gasteiger partial charge >= 0.3 is 6.03 Å². The molecule has 0 bridgehead atoms. The highest BCUT2D eigenvalue weighted by Gasteiger charge is 2.31. The maximum absolute atomic E-state index is 12.3. The number of carbonyl (C=O) groups is 2. The lowest BCUT2D eigenvalue weighted by molar-refractivity contribution is -0.117. The van der Waals surface area contributed by atoms with Crippen molar-refractivity contribution in [2.24, 2.45) is 0 Å². The average Bonchev–Trinajstić information content (AvgIpc) is 3.06. The van der Waals surface area contributed by atoms with Gasteiger partial charge in [-0.3, -0.25) is 9.69 Å². The minimum absolute atomic E-state index is 0.0118. The van der Waals surface area contributed by atoms with Crippen LogP contribution in [-0.4, -0.2) is 75.9 Å². The van der Waals surface area contributed by atoms with E-state index in [1.807, 2.05) is 24.3 Å². The number of nitrogens with zero attached hydrogens (tertiary/aromatic N) is 2. The zero-order valence-electron chi connectivity index (χ0n) is 15.8. The van der Waals surface area contributed by atoms with Crippen LogP contribution in [0.2, 0.25) is 0 Å². The van der Waals surface area contributed by atoms with Gasteiger partial charge in [-0.2, -0.15) is 0 Å². The zero-order chi connectivity index (χ0) is 19.1. The molecule has 27 heavy (non-hydrogen) atoms. The summed E-state index contributed by atoms with van der Waals surface area (Å²) in [7, 11) is 1.61. The van der Waals surface area contributed by atoms with Crippen molar-refractivity contribution < 1.29 is 19.1 Å². The second-order valence-electron chi connectivity index (χ2n) is 6.81. The van der Waals surface area contributed by atoms with Crippen LogP contribution < -0.4 is 20.3 Å². The fourth-order valence-corrected chi connectivity index (χ4v) is 3.38. The van der Waals surface area contributed by atoms with E-state index >= 15 is 0 Å². The van der Waals surface area contributed by atoms with Crippen molar-refractivity contribution in [1.29, 1.82) is 0 Å². The van der Waals surface area contributed by atoms with Gasteiger partial charge in [0, 0.05) is 38.3 Å². The van der Waals surface area contributed by atoms with Crippen LogP contribution in [-0.2, 0) is 9.53 Å². The average molecular weight is 376 g/mol. The summed E-state index contributed by atoms with van der Waals surface area (Å²) in [6.07, 6.45) is 1.21. The van der Waals surface area contributed by atoms with Crippen LogP contribution in [0.4, 0.5) is 10.5 Å². The predicted octanol–water partition coefficient (Wildman–Crippen LogP) is 0.822. The number of hydrogen-bond donors (Lipinski definition) is 2. The summed E-state index contributed by atoms with van der Waals surface area (Å²) in [4.78, 5) is 28.4. The van der Waals surface area contributed by atoms with Crippen LogP contribution in [0.3, 0.4) is 0 Å². The molecule has 0 radical (unpaired) electrons. The molecule has 1 unspecified atom stereocenters. The van der Waals surface area contributed by atoms with E-state index in [2.05, 4.69) is 15.5 Å². The molecule has 2 aliphatic heterocycles. The van der Waals surface area contributed by atoms with Crippen LogP contribution >= 0.6 is 0 Å². The zero-order valence-corrected chi connectivity index (χ0v) is 15.8. The second-order valence-corrected chi connectivity index (χ2v) is 6.81. The summed E-state index contributed by atoms with van der Waals surface area (Å²) >= 11 is 0. The van der Waals surface area contributed by atoms with Gasteiger partial charge in [-0.25, -0.2) is 4.79 Å². The minimum Gasteiger partial charge on any atom is -0.497 e. The van der Waals surface area contributed by atoms with Gasteiger partial charge in [0.25, 0.3) is 0 Å². The normalized spacial score (nSPS) is 20.6. The molecule has 2 fully saturated rings. The number of methoxy groups -OCH3 is 1. The Labute approximate surface area is 159 Å². The Balaban J connectivity index is 1.37. The fourth-order valence-electron chi connectivity index (χ4n) is 3.38. The highest BCUT2D eigenvalue weighted by atomic mass is 16.5. The van der Waals surface area contributed by atoms with E-state index in [0.29, 0.717) is 19.5 Å². The Hall–Kier alpha value is -2.32. The molecular formula is C19H28N4O4. The van der Waals surface area contributed by atoms with Crippen molar-refractivity contribution in [3.8, 4) is 5.75 Å². The molecule has 3 amide bonds. The van der Waals surface area contributed by atoms with E-state index in [-0.39, 0.29) is 18.0 Å². The van der Waals surface area contributed by atoms with Gasteiger partial charge in [0.05, 0.1) is 26.4 Å². The van der Waals surface area contributed by atoms with E-state index in [4.69, 9.17) is 9.47 Å². The number of carbonyl (C=O) groups excluding carboxylic acids is 2. The monoisotopic (exact) mass is 376 g/mol. The van der Waals surface area contributed by atoms with Gasteiger partial charge in [-0.1, -0.05) is 0 Å². The molecule has 1 aromatic carbocycles. The minimum atomic E-state index is -0.216. The summed E-state index contributed by atoms with van der Waals surface area (Å²) in [6.45, 7) is 5.53. The van der Waals surface area contributed by atoms with E-state index < -0.39 is 0 Å². The molecule has 0 aliphatic carbocycles. The van der Waals surface area contributed by atoms with Crippen LogP contribution in [0, 0.1) is 0 Å².